The van der Waals surface area contributed by atoms with Crippen LogP contribution in [0.5, 0.6) is 0 Å². The van der Waals surface area contributed by atoms with Crippen molar-refractivity contribution in [2.45, 2.75) is 227 Å². The van der Waals surface area contributed by atoms with Crippen LogP contribution < -0.4 is 0 Å². The number of rotatable bonds is 6. The molecule has 0 amide bonds. The van der Waals surface area contributed by atoms with Crippen molar-refractivity contribution >= 4 is 34.7 Å². The quantitative estimate of drug-likeness (QED) is 0.234. The average molecular weight is 827 g/mol. The molecule has 0 aromatic carbocycles. The summed E-state index contributed by atoms with van der Waals surface area (Å²) in [4.78, 5) is 0. The fraction of sp³-hybridized carbons (Fsp3) is 1.00. The van der Waals surface area contributed by atoms with Crippen LogP contribution in [0, 0.1) is 0 Å². The molecule has 6 rings (SSSR count). The predicted molar refractivity (Wildman–Crippen MR) is 187 cm³/mol. The fourth-order valence-corrected chi connectivity index (χ4v) is 19.4. The van der Waals surface area contributed by atoms with Gasteiger partial charge in [-0.1, -0.05) is 131 Å². The first-order chi connectivity index (χ1) is 20.3. The van der Waals surface area contributed by atoms with E-state index in [4.69, 9.17) is 18.8 Å². The third-order valence-electron chi connectivity index (χ3n) is 12.0. The normalized spacial score (nSPS) is 27.3. The summed E-state index contributed by atoms with van der Waals surface area (Å²) >= 11 is -0.472. The van der Waals surface area contributed by atoms with Crippen LogP contribution in [0.4, 0.5) is 0 Å². The van der Waals surface area contributed by atoms with Gasteiger partial charge < -0.3 is 0 Å². The SMILES string of the molecule is C1CCC(P(C2CCCCC2)C2CCCCC2)CC1.C1CCC(P(C2CCCCC2)C2CCCCC2)CC1.[Cl][Pt][Cl]. The van der Waals surface area contributed by atoms with Crippen LogP contribution in [-0.2, 0) is 16.5 Å². The molecule has 6 fully saturated rings. The third-order valence-corrected chi connectivity index (χ3v) is 20.1. The van der Waals surface area contributed by atoms with Crippen molar-refractivity contribution in [2.24, 2.45) is 0 Å². The summed E-state index contributed by atoms with van der Waals surface area (Å²) in [6.07, 6.45) is 47.2. The topological polar surface area (TPSA) is 0 Å². The van der Waals surface area contributed by atoms with Gasteiger partial charge in [0.2, 0.25) is 0 Å². The molecule has 0 bridgehead atoms. The van der Waals surface area contributed by atoms with Gasteiger partial charge in [0, 0.05) is 0 Å². The molecule has 6 aliphatic rings. The van der Waals surface area contributed by atoms with Crippen LogP contribution in [0.3, 0.4) is 0 Å². The molecule has 6 saturated carbocycles. The van der Waals surface area contributed by atoms with Gasteiger partial charge in [0.25, 0.3) is 0 Å². The molecule has 0 radical (unpaired) electrons. The second kappa shape index (κ2) is 21.8. The molecule has 0 atom stereocenters. The van der Waals surface area contributed by atoms with Crippen LogP contribution in [0.25, 0.3) is 0 Å². The molecular formula is C36H66Cl2P2Pt. The van der Waals surface area contributed by atoms with E-state index in [0.717, 1.165) is 0 Å². The van der Waals surface area contributed by atoms with Crippen molar-refractivity contribution in [3.05, 3.63) is 0 Å². The van der Waals surface area contributed by atoms with Gasteiger partial charge in [0.05, 0.1) is 0 Å². The standard InChI is InChI=1S/2C18H33P.2ClH.Pt/c2*1-4-10-16(11-5-1)19(17-12-6-2-7-13-17)18-14-8-3-9-15-18;;;/h2*16-18H,1-15H2;2*1H;/q;;;;+2/p-2. The van der Waals surface area contributed by atoms with Crippen LogP contribution in [-0.4, -0.2) is 34.0 Å². The van der Waals surface area contributed by atoms with E-state index in [1.54, 1.807) is 154 Å². The first-order valence-corrected chi connectivity index (χ1v) is 27.4. The molecule has 41 heavy (non-hydrogen) atoms. The van der Waals surface area contributed by atoms with Gasteiger partial charge in [-0.25, -0.2) is 0 Å². The molecule has 5 heteroatoms. The van der Waals surface area contributed by atoms with Crippen LogP contribution in [0.1, 0.15) is 193 Å². The second-order valence-corrected chi connectivity index (χ2v) is 24.1. The van der Waals surface area contributed by atoms with E-state index in [0.29, 0.717) is 15.8 Å². The Hall–Kier alpha value is 2.13. The maximum absolute atomic E-state index is 4.88. The average Bonchev–Trinajstić information content (AvgIpc) is 3.05. The molecule has 0 heterocycles. The van der Waals surface area contributed by atoms with E-state index >= 15 is 0 Å². The van der Waals surface area contributed by atoms with E-state index in [9.17, 15) is 0 Å². The van der Waals surface area contributed by atoms with E-state index in [1.807, 2.05) is 0 Å². The first-order valence-electron chi connectivity index (χ1n) is 18.7. The van der Waals surface area contributed by atoms with E-state index in [-0.39, 0.29) is 0 Å². The van der Waals surface area contributed by atoms with Gasteiger partial charge in [0.15, 0.2) is 0 Å². The number of hydrogen-bond acceptors (Lipinski definition) is 0. The summed E-state index contributed by atoms with van der Waals surface area (Å²) in [5.41, 5.74) is 7.14. The van der Waals surface area contributed by atoms with E-state index in [2.05, 4.69) is 0 Å². The molecular weight excluding hydrogens is 760 g/mol. The zero-order chi connectivity index (χ0) is 28.5. The Morgan fingerprint density at radius 2 is 0.390 bits per heavy atom. The van der Waals surface area contributed by atoms with E-state index < -0.39 is 16.5 Å². The molecule has 244 valence electrons. The number of halogens is 2. The second-order valence-electron chi connectivity index (χ2n) is 14.7. The summed E-state index contributed by atoms with van der Waals surface area (Å²) in [7, 11) is 10.5. The van der Waals surface area contributed by atoms with E-state index in [1.165, 1.54) is 72.5 Å². The summed E-state index contributed by atoms with van der Waals surface area (Å²) < 4.78 is 0. The Labute approximate surface area is 276 Å². The van der Waals surface area contributed by atoms with Gasteiger partial charge in [-0.15, -0.1) is 0 Å². The molecule has 0 aromatic heterocycles. The van der Waals surface area contributed by atoms with Gasteiger partial charge in [-0.2, -0.15) is 0 Å². The summed E-state index contributed by atoms with van der Waals surface area (Å²) in [5.74, 6) is 0. The Balaban J connectivity index is 0.000000173. The zero-order valence-corrected chi connectivity index (χ0v) is 32.2. The van der Waals surface area contributed by atoms with Crippen LogP contribution in [0.15, 0.2) is 0 Å². The molecule has 0 unspecified atom stereocenters. The maximum atomic E-state index is 4.88. The Morgan fingerprint density at radius 3 is 0.512 bits per heavy atom. The fourth-order valence-electron chi connectivity index (χ4n) is 10.1. The Kier molecular flexibility index (Phi) is 19.2. The molecule has 6 aliphatic carbocycles. The molecule has 0 nitrogen and oxygen atoms in total. The number of hydrogen-bond donors (Lipinski definition) is 0. The molecule has 0 N–H and O–H groups in total. The summed E-state index contributed by atoms with van der Waals surface area (Å²) in [6.45, 7) is 0. The van der Waals surface area contributed by atoms with Gasteiger partial charge in [-0.3, -0.25) is 0 Å². The Morgan fingerprint density at radius 1 is 0.268 bits per heavy atom. The molecule has 0 aliphatic heterocycles. The minimum absolute atomic E-state index is 0.385. The van der Waals surface area contributed by atoms with Crippen molar-refractivity contribution in [3.63, 3.8) is 0 Å². The summed E-state index contributed by atoms with van der Waals surface area (Å²) in [5, 5.41) is 0. The monoisotopic (exact) mass is 825 g/mol. The molecule has 0 saturated heterocycles. The zero-order valence-electron chi connectivity index (χ0n) is 26.6. The van der Waals surface area contributed by atoms with Crippen molar-refractivity contribution in [2.75, 3.05) is 0 Å². The summed E-state index contributed by atoms with van der Waals surface area (Å²) in [6, 6.07) is 0. The van der Waals surface area contributed by atoms with Gasteiger partial charge in [0.1, 0.15) is 0 Å². The van der Waals surface area contributed by atoms with Crippen molar-refractivity contribution < 1.29 is 16.5 Å². The van der Waals surface area contributed by atoms with Crippen molar-refractivity contribution in [1.29, 1.82) is 0 Å². The molecule has 0 spiro atoms. The van der Waals surface area contributed by atoms with Crippen LogP contribution in [0.2, 0.25) is 0 Å². The third kappa shape index (κ3) is 12.3. The van der Waals surface area contributed by atoms with Crippen molar-refractivity contribution in [3.8, 4) is 0 Å². The van der Waals surface area contributed by atoms with Crippen LogP contribution >= 0.6 is 34.7 Å². The first kappa shape index (κ1) is 36.0. The van der Waals surface area contributed by atoms with Gasteiger partial charge in [-0.05, 0) is 111 Å². The molecule has 0 aromatic rings. The van der Waals surface area contributed by atoms with Gasteiger partial charge >= 0.3 is 35.3 Å². The predicted octanol–water partition coefficient (Wildman–Crippen LogP) is 14.3. The minimum atomic E-state index is -0.472. The van der Waals surface area contributed by atoms with Crippen molar-refractivity contribution in [1.82, 2.24) is 0 Å². The Bertz CT molecular complexity index is 490.